The third-order valence-electron chi connectivity index (χ3n) is 13.3. The number of ether oxygens (including phenoxy) is 1. The van der Waals surface area contributed by atoms with Gasteiger partial charge in [-0.15, -0.1) is 28.7 Å². The van der Waals surface area contributed by atoms with Crippen LogP contribution in [0.25, 0.3) is 72.8 Å². The maximum Gasteiger partial charge on any atom is 0.273 e. The minimum absolute atomic E-state index is 0. The van der Waals surface area contributed by atoms with E-state index in [0.717, 1.165) is 66.8 Å². The van der Waals surface area contributed by atoms with Crippen LogP contribution in [0.4, 0.5) is 0 Å². The molecule has 0 saturated carbocycles. The molecule has 0 unspecified atom stereocenters. The predicted molar refractivity (Wildman–Crippen MR) is 289 cm³/mol. The Morgan fingerprint density at radius 1 is 0.528 bits per heavy atom. The summed E-state index contributed by atoms with van der Waals surface area (Å²) in [7, 11) is 0. The maximum absolute atomic E-state index is 6.94. The van der Waals surface area contributed by atoms with E-state index in [9.17, 15) is 0 Å². The van der Waals surface area contributed by atoms with Crippen LogP contribution in [0.3, 0.4) is 0 Å². The summed E-state index contributed by atoms with van der Waals surface area (Å²) >= 11 is 0. The van der Waals surface area contributed by atoms with Crippen molar-refractivity contribution in [2.45, 2.75) is 105 Å². The molecule has 0 aliphatic rings. The van der Waals surface area contributed by atoms with Gasteiger partial charge in [-0.3, -0.25) is 9.55 Å². The molecule has 0 bridgehead atoms. The minimum atomic E-state index is -0.373. The van der Waals surface area contributed by atoms with Crippen LogP contribution in [-0.4, -0.2) is 24.2 Å². The van der Waals surface area contributed by atoms with E-state index in [2.05, 4.69) is 246 Å². The van der Waals surface area contributed by atoms with Crippen molar-refractivity contribution in [2.24, 2.45) is 0 Å². The standard InChI is InChI=1S/C64H62N6O.Pt/c1-61(2,3)44-32-33-65-57(37-44)70-54-29-20-19-26-52(54)53-31-30-48(38-55(53)70)71-49-39-56(64(10,11)12)66-58(40-49)68-41-69(47-35-45(62(4,5)6)34-46(36-47)63(7,8)9)67-60(68)59-50(42-22-15-13-16-23-42)27-21-28-51(59)43-24-17-14-18-25-43;/h13-37,39H,1-12H3;/q-2;. The zero-order chi connectivity index (χ0) is 50.0. The summed E-state index contributed by atoms with van der Waals surface area (Å²) in [6, 6.07) is 60.5. The van der Waals surface area contributed by atoms with Gasteiger partial charge in [0.15, 0.2) is 5.82 Å². The molecule has 0 radical (unpaired) electrons. The fourth-order valence-electron chi connectivity index (χ4n) is 9.13. The van der Waals surface area contributed by atoms with E-state index in [-0.39, 0.29) is 42.7 Å². The molecule has 4 heterocycles. The Labute approximate surface area is 439 Å². The first-order valence-electron chi connectivity index (χ1n) is 24.6. The van der Waals surface area contributed by atoms with Crippen molar-refractivity contribution in [1.82, 2.24) is 24.2 Å². The van der Waals surface area contributed by atoms with E-state index in [1.54, 1.807) is 0 Å². The van der Waals surface area contributed by atoms with Crippen molar-refractivity contribution in [3.63, 3.8) is 0 Å². The number of pyridine rings is 2. The number of rotatable bonds is 8. The molecule has 0 atom stereocenters. The van der Waals surface area contributed by atoms with Gasteiger partial charge in [0.1, 0.15) is 5.82 Å². The number of hydrogen-bond acceptors (Lipinski definition) is 4. The quantitative estimate of drug-likeness (QED) is 0.112. The number of para-hydroxylation sites is 1. The van der Waals surface area contributed by atoms with E-state index in [1.807, 2.05) is 27.6 Å². The van der Waals surface area contributed by atoms with E-state index in [1.165, 1.54) is 16.7 Å². The van der Waals surface area contributed by atoms with Crippen LogP contribution in [0.15, 0.2) is 158 Å². The number of fused-ring (bicyclic) bond motifs is 3. The van der Waals surface area contributed by atoms with Gasteiger partial charge in [-0.25, -0.2) is 4.98 Å². The Kier molecular flexibility index (Phi) is 13.1. The Morgan fingerprint density at radius 2 is 1.12 bits per heavy atom. The van der Waals surface area contributed by atoms with Crippen molar-refractivity contribution < 1.29 is 30.5 Å². The second-order valence-corrected chi connectivity index (χ2v) is 22.8. The number of benzene rings is 6. The van der Waals surface area contributed by atoms with Crippen LogP contribution in [0.1, 0.15) is 105 Å². The summed E-state index contributed by atoms with van der Waals surface area (Å²) in [5, 5.41) is 7.75. The van der Waals surface area contributed by atoms with Gasteiger partial charge in [-0.05, 0) is 95.6 Å². The van der Waals surface area contributed by atoms with Crippen molar-refractivity contribution in [3.05, 3.63) is 199 Å². The molecule has 0 aliphatic heterocycles. The summed E-state index contributed by atoms with van der Waals surface area (Å²) in [6.45, 7) is 26.7. The van der Waals surface area contributed by atoms with Crippen LogP contribution in [0.5, 0.6) is 11.5 Å². The topological polar surface area (TPSA) is 61.6 Å². The van der Waals surface area contributed by atoms with Gasteiger partial charge >= 0.3 is 0 Å². The molecule has 0 saturated heterocycles. The zero-order valence-corrected chi connectivity index (χ0v) is 45.7. The molecule has 10 rings (SSSR count). The van der Waals surface area contributed by atoms with E-state index in [0.29, 0.717) is 23.1 Å². The summed E-state index contributed by atoms with van der Waals surface area (Å²) in [5.41, 5.74) is 11.8. The van der Waals surface area contributed by atoms with Gasteiger partial charge in [0, 0.05) is 44.1 Å². The molecule has 10 aromatic rings. The Hall–Kier alpha value is -6.95. The van der Waals surface area contributed by atoms with Crippen molar-refractivity contribution in [1.29, 1.82) is 0 Å². The average Bonchev–Trinajstić information content (AvgIpc) is 3.93. The van der Waals surface area contributed by atoms with Gasteiger partial charge < -0.3 is 9.30 Å². The Morgan fingerprint density at radius 3 is 1.72 bits per heavy atom. The predicted octanol–water partition coefficient (Wildman–Crippen LogP) is 15.4. The van der Waals surface area contributed by atoms with Gasteiger partial charge in [-0.1, -0.05) is 204 Å². The van der Waals surface area contributed by atoms with Crippen LogP contribution in [-0.2, 0) is 42.7 Å². The minimum Gasteiger partial charge on any atom is -0.522 e. The van der Waals surface area contributed by atoms with E-state index >= 15 is 0 Å². The Bertz CT molecular complexity index is 3510. The number of aromatic nitrogens is 6. The monoisotopic (exact) mass is 1130 g/mol. The van der Waals surface area contributed by atoms with Gasteiger partial charge in [0.2, 0.25) is 0 Å². The smallest absolute Gasteiger partial charge is 0.273 e. The second-order valence-electron chi connectivity index (χ2n) is 22.8. The summed E-state index contributed by atoms with van der Waals surface area (Å²) < 4.78 is 13.0. The second kappa shape index (κ2) is 18.9. The molecule has 4 aromatic heterocycles. The Balaban J connectivity index is 0.00000640. The molecule has 72 heavy (non-hydrogen) atoms. The first-order valence-corrected chi connectivity index (χ1v) is 24.6. The van der Waals surface area contributed by atoms with E-state index < -0.39 is 0 Å². The third-order valence-corrected chi connectivity index (χ3v) is 13.3. The van der Waals surface area contributed by atoms with Gasteiger partial charge in [0.05, 0.1) is 11.5 Å². The third kappa shape index (κ3) is 9.84. The average molecular weight is 1130 g/mol. The van der Waals surface area contributed by atoms with Crippen LogP contribution in [0.2, 0.25) is 0 Å². The largest absolute Gasteiger partial charge is 0.522 e. The fraction of sp³-hybridized carbons (Fsp3) is 0.250. The van der Waals surface area contributed by atoms with Crippen LogP contribution < -0.4 is 9.42 Å². The molecule has 0 amide bonds. The fourth-order valence-corrected chi connectivity index (χ4v) is 9.13. The first kappa shape index (κ1) is 50.0. The zero-order valence-electron chi connectivity index (χ0n) is 43.4. The van der Waals surface area contributed by atoms with Crippen molar-refractivity contribution in [3.8, 4) is 62.5 Å². The molecule has 8 heteroatoms. The van der Waals surface area contributed by atoms with Crippen LogP contribution >= 0.6 is 0 Å². The maximum atomic E-state index is 6.94. The molecule has 366 valence electrons. The molecule has 7 nitrogen and oxygen atoms in total. The molecule has 0 N–H and O–H groups in total. The summed E-state index contributed by atoms with van der Waals surface area (Å²) in [5.74, 6) is 3.02. The SMILES string of the molecule is CC(C)(C)c1cc(-[n+]2[c-]n(-c3[c-]c(Oc4[c-]c5c(cc4)c4ccccc4n5-c4cc(C(C)(C)C)ccn4)cc(C(C)(C)C)n3)c(-c3c(-c4ccccc4)cccc3-c3ccccc3)n2)cc(C(C)(C)C)c1.[Pt]. The first-order chi connectivity index (χ1) is 33.7. The van der Waals surface area contributed by atoms with Gasteiger partial charge in [0.25, 0.3) is 6.33 Å². The molecule has 0 spiro atoms. The molecule has 0 fully saturated rings. The molecule has 6 aromatic carbocycles. The number of nitrogens with zero attached hydrogens (tertiary/aromatic N) is 6. The van der Waals surface area contributed by atoms with Gasteiger partial charge in [-0.2, -0.15) is 16.8 Å². The normalized spacial score (nSPS) is 12.3. The molecular formula is C64H62N6OPt-2. The summed E-state index contributed by atoms with van der Waals surface area (Å²) in [4.78, 5) is 10.3. The summed E-state index contributed by atoms with van der Waals surface area (Å²) in [6.07, 6.45) is 5.63. The molecule has 0 aliphatic carbocycles. The number of hydrogen-bond donors (Lipinski definition) is 0. The van der Waals surface area contributed by atoms with E-state index in [4.69, 9.17) is 19.8 Å². The van der Waals surface area contributed by atoms with Crippen LogP contribution in [0, 0.1) is 18.5 Å². The van der Waals surface area contributed by atoms with Crippen molar-refractivity contribution >= 4 is 21.8 Å². The molecular weight excluding hydrogens is 1060 g/mol. The van der Waals surface area contributed by atoms with Crippen molar-refractivity contribution in [2.75, 3.05) is 0 Å².